The minimum Gasteiger partial charge on any atom is -0.505 e. The Labute approximate surface area is 318 Å². The third-order valence-electron chi connectivity index (χ3n) is 10.8. The van der Waals surface area contributed by atoms with Crippen LogP contribution in [0.25, 0.3) is 11.0 Å². The van der Waals surface area contributed by atoms with E-state index in [-0.39, 0.29) is 36.5 Å². The maximum Gasteiger partial charge on any atom is 0.347 e. The van der Waals surface area contributed by atoms with Crippen molar-refractivity contribution in [2.75, 3.05) is 19.1 Å². The number of alkyl halides is 2. The molecule has 2 aromatic heterocycles. The van der Waals surface area contributed by atoms with Gasteiger partial charge in [-0.2, -0.15) is 0 Å². The normalized spacial score (nSPS) is 23.0. The highest BCUT2D eigenvalue weighted by atomic mass is 35.5. The zero-order valence-electron chi connectivity index (χ0n) is 29.3. The average molecular weight is 796 g/mol. The first kappa shape index (κ1) is 36.2. The number of fused-ring (bicyclic) bond motifs is 5. The summed E-state index contributed by atoms with van der Waals surface area (Å²) in [6.45, 7) is -0.449. The zero-order valence-corrected chi connectivity index (χ0v) is 30.8. The number of aryl methyl sites for hydroxylation is 2. The lowest BCUT2D eigenvalue weighted by Gasteiger charge is -2.49. The number of aromatic hydroxyl groups is 1. The fourth-order valence-corrected chi connectivity index (χ4v) is 8.98. The van der Waals surface area contributed by atoms with Gasteiger partial charge in [0.15, 0.2) is 32.8 Å². The van der Waals surface area contributed by atoms with Gasteiger partial charge in [-0.25, -0.2) is 42.2 Å². The largest absolute Gasteiger partial charge is 0.505 e. The topological polar surface area (TPSA) is 160 Å². The molecule has 8 rings (SSSR count). The predicted octanol–water partition coefficient (Wildman–Crippen LogP) is 3.50. The molecule has 14 nitrogen and oxygen atoms in total. The molecule has 0 bridgehead atoms. The van der Waals surface area contributed by atoms with Crippen LogP contribution in [0.2, 0.25) is 0 Å². The van der Waals surface area contributed by atoms with Crippen LogP contribution in [0, 0.1) is 11.6 Å². The molecule has 55 heavy (non-hydrogen) atoms. The number of allylic oxidation sites excluding steroid dienone is 2. The summed E-state index contributed by atoms with van der Waals surface area (Å²) in [5, 5.41) is 10.0. The van der Waals surface area contributed by atoms with Gasteiger partial charge in [0.05, 0.1) is 43.5 Å². The third-order valence-corrected chi connectivity index (χ3v) is 12.2. The Morgan fingerprint density at radius 3 is 2.29 bits per heavy atom. The summed E-state index contributed by atoms with van der Waals surface area (Å²) in [6, 6.07) is 9.92. The zero-order chi connectivity index (χ0) is 39.3. The first-order valence-electron chi connectivity index (χ1n) is 16.9. The molecule has 2 aliphatic heterocycles. The lowest BCUT2D eigenvalue weighted by Crippen LogP contribution is -2.59. The van der Waals surface area contributed by atoms with Gasteiger partial charge in [-0.05, 0) is 47.5 Å². The monoisotopic (exact) mass is 794 g/mol. The Kier molecular flexibility index (Phi) is 8.35. The van der Waals surface area contributed by atoms with Crippen LogP contribution < -0.4 is 31.3 Å². The van der Waals surface area contributed by atoms with Crippen molar-refractivity contribution < 1.29 is 33.0 Å². The molecule has 1 saturated heterocycles. The van der Waals surface area contributed by atoms with Gasteiger partial charge in [0.2, 0.25) is 0 Å². The number of methoxy groups -OCH3 is 2. The molecule has 1 N–H and O–H groups in total. The molecule has 3 aromatic carbocycles. The van der Waals surface area contributed by atoms with Crippen LogP contribution in [-0.4, -0.2) is 64.4 Å². The van der Waals surface area contributed by atoms with Crippen molar-refractivity contribution in [2.45, 2.75) is 47.6 Å². The molecular formula is C37H30Cl2F2N6O8. The standard InChI is InChI=1S/C37H30Cl2F2N6O8/c1-43-25-16-29(55-3)28(54-2)15-24(25)42-23(31(43)49)11-12-44-34(52)45-13-10-21-26(47(45)35(44)53)17-36(38)32(50)46(20-7-5-19(40)6-8-20)33(51)37(36,39)30(21)18-4-9-27(48)22(41)14-18/h4-10,14-16,26,30,48H,11-13,17H2,1-3H3/t26-,30+,36-,37+/m1/s1. The number of aromatic nitrogens is 5. The molecule has 2 fully saturated rings. The maximum atomic E-state index is 15.0. The second kappa shape index (κ2) is 12.7. The number of hydrogen-bond acceptors (Lipinski definition) is 9. The molecule has 284 valence electrons. The van der Waals surface area contributed by atoms with E-state index in [1.54, 1.807) is 25.3 Å². The Bertz CT molecular complexity index is 2710. The molecule has 0 unspecified atom stereocenters. The highest BCUT2D eigenvalue weighted by molar-refractivity contribution is 6.58. The summed E-state index contributed by atoms with van der Waals surface area (Å²) < 4.78 is 44.2. The predicted molar refractivity (Wildman–Crippen MR) is 195 cm³/mol. The number of nitrogens with zero attached hydrogens (tertiary/aromatic N) is 6. The van der Waals surface area contributed by atoms with Crippen LogP contribution in [0.3, 0.4) is 0 Å². The van der Waals surface area contributed by atoms with Gasteiger partial charge in [-0.1, -0.05) is 12.1 Å². The fourth-order valence-electron chi connectivity index (χ4n) is 8.07. The highest BCUT2D eigenvalue weighted by Gasteiger charge is 2.75. The summed E-state index contributed by atoms with van der Waals surface area (Å²) in [5.41, 5.74) is -0.735. The lowest BCUT2D eigenvalue weighted by atomic mass is 9.64. The molecular weight excluding hydrogens is 765 g/mol. The number of phenolic OH excluding ortho intramolecular Hbond substituents is 1. The minimum atomic E-state index is -2.31. The highest BCUT2D eigenvalue weighted by Crippen LogP contribution is 2.64. The van der Waals surface area contributed by atoms with Crippen molar-refractivity contribution >= 4 is 51.7 Å². The SMILES string of the molecule is COc1cc2nc(CCn3c(=O)n4n(c3=O)[C@@H]3C[C@@]5(Cl)C(=O)N(c6ccc(F)cc6)C(=O)[C@@]5(Cl)[C@@H](c5ccc(O)c(F)c5)C3=CC4)c(=O)n(C)c2cc1OC. The second-order valence-corrected chi connectivity index (χ2v) is 14.8. The molecule has 5 aromatic rings. The van der Waals surface area contributed by atoms with Gasteiger partial charge < -0.3 is 19.1 Å². The minimum absolute atomic E-state index is 0.0234. The molecule has 1 aliphatic carbocycles. The maximum absolute atomic E-state index is 15.0. The van der Waals surface area contributed by atoms with E-state index in [1.165, 1.54) is 37.0 Å². The van der Waals surface area contributed by atoms with Crippen LogP contribution in [-0.2, 0) is 36.1 Å². The number of hydrogen-bond donors (Lipinski definition) is 1. The number of ether oxygens (including phenoxy) is 2. The van der Waals surface area contributed by atoms with E-state index in [4.69, 9.17) is 32.7 Å². The summed E-state index contributed by atoms with van der Waals surface area (Å²) in [4.78, 5) is 71.0. The van der Waals surface area contributed by atoms with Gasteiger partial charge in [-0.3, -0.25) is 14.4 Å². The molecule has 18 heteroatoms. The van der Waals surface area contributed by atoms with Gasteiger partial charge in [-0.15, -0.1) is 23.2 Å². The number of carbonyl (C=O) groups excluding carboxylic acids is 2. The van der Waals surface area contributed by atoms with E-state index in [0.29, 0.717) is 28.1 Å². The molecule has 2 amide bonds. The smallest absolute Gasteiger partial charge is 0.347 e. The molecule has 0 spiro atoms. The van der Waals surface area contributed by atoms with Crippen molar-refractivity contribution in [3.8, 4) is 17.2 Å². The molecule has 1 saturated carbocycles. The molecule has 0 radical (unpaired) electrons. The van der Waals surface area contributed by atoms with Crippen LogP contribution >= 0.6 is 23.2 Å². The number of anilines is 1. The fraction of sp³-hybridized carbons (Fsp3) is 0.297. The van der Waals surface area contributed by atoms with E-state index in [9.17, 15) is 37.9 Å². The van der Waals surface area contributed by atoms with Gasteiger partial charge in [0.1, 0.15) is 11.5 Å². The van der Waals surface area contributed by atoms with Crippen molar-refractivity contribution in [1.82, 2.24) is 23.5 Å². The average Bonchev–Trinajstić information content (AvgIpc) is 3.50. The van der Waals surface area contributed by atoms with E-state index in [1.807, 2.05) is 0 Å². The Morgan fingerprint density at radius 1 is 0.927 bits per heavy atom. The number of carbonyl (C=O) groups is 2. The summed E-state index contributed by atoms with van der Waals surface area (Å²) in [5.74, 6) is -4.88. The van der Waals surface area contributed by atoms with E-state index >= 15 is 0 Å². The van der Waals surface area contributed by atoms with Crippen LogP contribution in [0.5, 0.6) is 17.2 Å². The first-order valence-corrected chi connectivity index (χ1v) is 17.7. The van der Waals surface area contributed by atoms with Crippen LogP contribution in [0.15, 0.2) is 80.6 Å². The summed E-state index contributed by atoms with van der Waals surface area (Å²) in [7, 11) is 4.47. The second-order valence-electron chi connectivity index (χ2n) is 13.5. The number of amides is 2. The van der Waals surface area contributed by atoms with Crippen LogP contribution in [0.1, 0.15) is 29.6 Å². The van der Waals surface area contributed by atoms with E-state index in [2.05, 4.69) is 4.98 Å². The Morgan fingerprint density at radius 2 is 1.62 bits per heavy atom. The molecule has 4 atom stereocenters. The van der Waals surface area contributed by atoms with Gasteiger partial charge >= 0.3 is 11.4 Å². The van der Waals surface area contributed by atoms with Crippen molar-refractivity contribution in [2.24, 2.45) is 7.05 Å². The Hall–Kier alpha value is -5.74. The third kappa shape index (κ3) is 5.03. The number of benzene rings is 3. The van der Waals surface area contributed by atoms with E-state index in [0.717, 1.165) is 43.1 Å². The van der Waals surface area contributed by atoms with Crippen molar-refractivity contribution in [3.05, 3.63) is 120 Å². The number of halogens is 4. The molecule has 4 heterocycles. The number of rotatable bonds is 7. The first-order chi connectivity index (χ1) is 26.2. The lowest BCUT2D eigenvalue weighted by molar-refractivity contribution is -0.122. The quantitative estimate of drug-likeness (QED) is 0.148. The number of imide groups is 1. The number of phenols is 1. The van der Waals surface area contributed by atoms with Gasteiger partial charge in [0, 0.05) is 44.5 Å². The Balaban J connectivity index is 1.23. The van der Waals surface area contributed by atoms with E-state index < -0.39 is 74.3 Å². The summed E-state index contributed by atoms with van der Waals surface area (Å²) >= 11 is 14.6. The van der Waals surface area contributed by atoms with Crippen LogP contribution in [0.4, 0.5) is 14.5 Å². The van der Waals surface area contributed by atoms with Gasteiger partial charge in [0.25, 0.3) is 17.4 Å². The molecule has 3 aliphatic rings. The van der Waals surface area contributed by atoms with Crippen molar-refractivity contribution in [3.63, 3.8) is 0 Å². The van der Waals surface area contributed by atoms with Crippen molar-refractivity contribution in [1.29, 1.82) is 0 Å². The summed E-state index contributed by atoms with van der Waals surface area (Å²) in [6.07, 6.45) is 0.997.